The first-order chi connectivity index (χ1) is 12.0. The van der Waals surface area contributed by atoms with Crippen LogP contribution in [0.2, 0.25) is 0 Å². The van der Waals surface area contributed by atoms with Gasteiger partial charge in [0.05, 0.1) is 16.8 Å². The maximum atomic E-state index is 12.3. The molecule has 1 N–H and O–H groups in total. The molecule has 26 heavy (non-hydrogen) atoms. The number of nitrogens with one attached hydrogen (secondary N) is 1. The summed E-state index contributed by atoms with van der Waals surface area (Å²) in [6, 6.07) is 11.8. The van der Waals surface area contributed by atoms with Gasteiger partial charge in [0.1, 0.15) is 0 Å². The molecule has 0 aliphatic carbocycles. The third kappa shape index (κ3) is 5.06. The van der Waals surface area contributed by atoms with E-state index in [0.717, 1.165) is 22.9 Å². The minimum absolute atomic E-state index is 0.00637. The molecule has 0 unspecified atom stereocenters. The van der Waals surface area contributed by atoms with Gasteiger partial charge in [0.25, 0.3) is 0 Å². The first kappa shape index (κ1) is 20.4. The zero-order valence-electron chi connectivity index (χ0n) is 15.4. The Kier molecular flexibility index (Phi) is 6.10. The predicted molar refractivity (Wildman–Crippen MR) is 104 cm³/mol. The third-order valence-corrected chi connectivity index (χ3v) is 6.79. The number of anilines is 1. The molecule has 2 rings (SSSR count). The number of aryl methyl sites for hydroxylation is 3. The van der Waals surface area contributed by atoms with E-state index in [1.165, 1.54) is 16.4 Å². The van der Waals surface area contributed by atoms with E-state index in [2.05, 4.69) is 4.72 Å². The minimum atomic E-state index is -3.69. The maximum absolute atomic E-state index is 12.3. The molecule has 0 heterocycles. The molecule has 8 heteroatoms. The Morgan fingerprint density at radius 2 is 1.50 bits per heavy atom. The van der Waals surface area contributed by atoms with Crippen LogP contribution in [-0.4, -0.2) is 36.2 Å². The fraction of sp³-hybridized carbons (Fsp3) is 0.333. The maximum Gasteiger partial charge on any atom is 0.240 e. The summed E-state index contributed by atoms with van der Waals surface area (Å²) >= 11 is 0. The highest BCUT2D eigenvalue weighted by Gasteiger charge is 2.19. The van der Waals surface area contributed by atoms with Crippen LogP contribution < -0.4 is 9.03 Å². The summed E-state index contributed by atoms with van der Waals surface area (Å²) in [5.74, 6) is 0. The van der Waals surface area contributed by atoms with Gasteiger partial charge in [-0.05, 0) is 56.2 Å². The van der Waals surface area contributed by atoms with Crippen molar-refractivity contribution in [3.05, 3.63) is 59.2 Å². The van der Waals surface area contributed by atoms with Gasteiger partial charge in [-0.2, -0.15) is 0 Å². The van der Waals surface area contributed by atoms with Gasteiger partial charge in [0.2, 0.25) is 20.0 Å². The fourth-order valence-corrected chi connectivity index (χ4v) is 4.39. The molecule has 0 aliphatic rings. The van der Waals surface area contributed by atoms with Crippen molar-refractivity contribution in [2.75, 3.05) is 23.7 Å². The van der Waals surface area contributed by atoms with Gasteiger partial charge in [0, 0.05) is 13.1 Å². The van der Waals surface area contributed by atoms with Crippen molar-refractivity contribution >= 4 is 25.7 Å². The van der Waals surface area contributed by atoms with E-state index in [1.54, 1.807) is 24.3 Å². The Balaban J connectivity index is 2.15. The number of hydrogen-bond donors (Lipinski definition) is 1. The van der Waals surface area contributed by atoms with Crippen molar-refractivity contribution in [3.63, 3.8) is 0 Å². The molecule has 0 spiro atoms. The first-order valence-electron chi connectivity index (χ1n) is 8.12. The molecule has 0 aliphatic heterocycles. The summed E-state index contributed by atoms with van der Waals surface area (Å²) < 4.78 is 52.6. The molecule has 0 atom stereocenters. The van der Waals surface area contributed by atoms with E-state index >= 15 is 0 Å². The van der Waals surface area contributed by atoms with Gasteiger partial charge < -0.3 is 0 Å². The summed E-state index contributed by atoms with van der Waals surface area (Å²) in [6.07, 6.45) is 1.11. The molecule has 142 valence electrons. The zero-order chi connectivity index (χ0) is 19.5. The lowest BCUT2D eigenvalue weighted by molar-refractivity contribution is 0.578. The van der Waals surface area contributed by atoms with Crippen molar-refractivity contribution < 1.29 is 16.8 Å². The van der Waals surface area contributed by atoms with Gasteiger partial charge in [-0.3, -0.25) is 4.31 Å². The van der Waals surface area contributed by atoms with E-state index in [9.17, 15) is 16.8 Å². The number of benzene rings is 2. The van der Waals surface area contributed by atoms with Crippen LogP contribution in [-0.2, 0) is 20.0 Å². The molecule has 0 bridgehead atoms. The summed E-state index contributed by atoms with van der Waals surface area (Å²) in [5.41, 5.74) is 3.51. The van der Waals surface area contributed by atoms with Crippen LogP contribution >= 0.6 is 0 Å². The van der Waals surface area contributed by atoms with Crippen molar-refractivity contribution in [1.29, 1.82) is 0 Å². The molecule has 2 aromatic carbocycles. The van der Waals surface area contributed by atoms with Crippen LogP contribution in [0.3, 0.4) is 0 Å². The standard InChI is InChI=1S/C18H24N2O4S2/c1-14-5-9-18(10-6-14)26(23,24)19-11-12-20(25(4,21)22)17-8-7-15(2)16(3)13-17/h5-10,13,19H,11-12H2,1-4H3. The summed E-state index contributed by atoms with van der Waals surface area (Å²) in [6.45, 7) is 5.69. The van der Waals surface area contributed by atoms with E-state index in [1.807, 2.05) is 26.8 Å². The van der Waals surface area contributed by atoms with Crippen LogP contribution in [0.25, 0.3) is 0 Å². The molecule has 0 fully saturated rings. The van der Waals surface area contributed by atoms with Gasteiger partial charge in [0.15, 0.2) is 0 Å². The van der Waals surface area contributed by atoms with Crippen molar-refractivity contribution in [2.45, 2.75) is 25.7 Å². The van der Waals surface area contributed by atoms with Gasteiger partial charge in [-0.25, -0.2) is 21.6 Å². The number of hydrogen-bond acceptors (Lipinski definition) is 4. The highest BCUT2D eigenvalue weighted by molar-refractivity contribution is 7.92. The lowest BCUT2D eigenvalue weighted by Gasteiger charge is -2.23. The Morgan fingerprint density at radius 3 is 2.04 bits per heavy atom. The predicted octanol–water partition coefficient (Wildman–Crippen LogP) is 2.36. The molecular formula is C18H24N2O4S2. The number of rotatable bonds is 7. The SMILES string of the molecule is Cc1ccc(S(=O)(=O)NCCN(c2ccc(C)c(C)c2)S(C)(=O)=O)cc1. The van der Waals surface area contributed by atoms with E-state index in [0.29, 0.717) is 5.69 Å². The van der Waals surface area contributed by atoms with Crippen molar-refractivity contribution in [1.82, 2.24) is 4.72 Å². The van der Waals surface area contributed by atoms with Crippen LogP contribution in [0.5, 0.6) is 0 Å². The molecule has 0 radical (unpaired) electrons. The highest BCUT2D eigenvalue weighted by Crippen LogP contribution is 2.21. The van der Waals surface area contributed by atoms with E-state index < -0.39 is 20.0 Å². The van der Waals surface area contributed by atoms with Crippen LogP contribution in [0.1, 0.15) is 16.7 Å². The lowest BCUT2D eigenvalue weighted by Crippen LogP contribution is -2.38. The second-order valence-corrected chi connectivity index (χ2v) is 9.99. The van der Waals surface area contributed by atoms with E-state index in [4.69, 9.17) is 0 Å². The molecule has 0 aromatic heterocycles. The first-order valence-corrected chi connectivity index (χ1v) is 11.5. The molecule has 6 nitrogen and oxygen atoms in total. The fourth-order valence-electron chi connectivity index (χ4n) is 2.45. The summed E-state index contributed by atoms with van der Waals surface area (Å²) in [7, 11) is -7.22. The average Bonchev–Trinajstić information content (AvgIpc) is 2.54. The van der Waals surface area contributed by atoms with Crippen LogP contribution in [0, 0.1) is 20.8 Å². The average molecular weight is 397 g/mol. The van der Waals surface area contributed by atoms with Gasteiger partial charge >= 0.3 is 0 Å². The largest absolute Gasteiger partial charge is 0.269 e. The summed E-state index contributed by atoms with van der Waals surface area (Å²) in [4.78, 5) is 0.153. The Morgan fingerprint density at radius 1 is 0.885 bits per heavy atom. The molecular weight excluding hydrogens is 372 g/mol. The van der Waals surface area contributed by atoms with Crippen LogP contribution in [0.15, 0.2) is 47.4 Å². The molecule has 0 saturated heterocycles. The molecule has 0 saturated carbocycles. The zero-order valence-corrected chi connectivity index (χ0v) is 17.0. The highest BCUT2D eigenvalue weighted by atomic mass is 32.2. The van der Waals surface area contributed by atoms with Crippen LogP contribution in [0.4, 0.5) is 5.69 Å². The van der Waals surface area contributed by atoms with Crippen molar-refractivity contribution in [3.8, 4) is 0 Å². The quantitative estimate of drug-likeness (QED) is 0.779. The smallest absolute Gasteiger partial charge is 0.240 e. The molecule has 2 aromatic rings. The lowest BCUT2D eigenvalue weighted by atomic mass is 10.1. The normalized spacial score (nSPS) is 12.2. The Labute approximate surface area is 156 Å². The Hall–Kier alpha value is -1.90. The monoisotopic (exact) mass is 396 g/mol. The van der Waals surface area contributed by atoms with E-state index in [-0.39, 0.29) is 18.0 Å². The summed E-state index contributed by atoms with van der Waals surface area (Å²) in [5, 5.41) is 0. The second-order valence-electron chi connectivity index (χ2n) is 6.31. The topological polar surface area (TPSA) is 83.6 Å². The third-order valence-electron chi connectivity index (χ3n) is 4.12. The minimum Gasteiger partial charge on any atom is -0.269 e. The van der Waals surface area contributed by atoms with Gasteiger partial charge in [-0.1, -0.05) is 23.8 Å². The van der Waals surface area contributed by atoms with Gasteiger partial charge in [-0.15, -0.1) is 0 Å². The number of sulfonamides is 2. The van der Waals surface area contributed by atoms with Crippen molar-refractivity contribution in [2.24, 2.45) is 0 Å². The Bertz CT molecular complexity index is 982. The molecule has 0 amide bonds. The number of nitrogens with zero attached hydrogens (tertiary/aromatic N) is 1. The second kappa shape index (κ2) is 7.77.